The van der Waals surface area contributed by atoms with Crippen molar-refractivity contribution in [3.63, 3.8) is 0 Å². The molecule has 0 bridgehead atoms. The van der Waals surface area contributed by atoms with Crippen LogP contribution < -0.4 is 5.32 Å². The molecule has 1 N–H and O–H groups in total. The zero-order valence-corrected chi connectivity index (χ0v) is 14.1. The van der Waals surface area contributed by atoms with Crippen molar-refractivity contribution in [3.05, 3.63) is 35.4 Å². The number of rotatable bonds is 8. The molecule has 0 unspecified atom stereocenters. The highest BCUT2D eigenvalue weighted by Gasteiger charge is 2.13. The Bertz CT molecular complexity index is 500. The molecule has 5 nitrogen and oxygen atoms in total. The zero-order valence-electron chi connectivity index (χ0n) is 14.1. The lowest BCUT2D eigenvalue weighted by Gasteiger charge is -2.21. The summed E-state index contributed by atoms with van der Waals surface area (Å²) in [6.45, 7) is 5.63. The van der Waals surface area contributed by atoms with Crippen LogP contribution in [-0.2, 0) is 16.1 Å². The van der Waals surface area contributed by atoms with Crippen LogP contribution >= 0.6 is 0 Å². The van der Waals surface area contributed by atoms with Crippen molar-refractivity contribution in [1.29, 1.82) is 0 Å². The molecule has 0 heterocycles. The van der Waals surface area contributed by atoms with Gasteiger partial charge < -0.3 is 15.1 Å². The molecule has 0 radical (unpaired) electrons. The lowest BCUT2D eigenvalue weighted by Crippen LogP contribution is -2.40. The number of amides is 2. The first-order chi connectivity index (χ1) is 10.4. The first kappa shape index (κ1) is 18.2. The van der Waals surface area contributed by atoms with Gasteiger partial charge in [0, 0.05) is 20.0 Å². The Morgan fingerprint density at radius 3 is 2.55 bits per heavy atom. The number of nitrogens with zero attached hydrogens (tertiary/aromatic N) is 2. The molecule has 122 valence electrons. The number of carbonyl (C=O) groups excluding carboxylic acids is 2. The summed E-state index contributed by atoms with van der Waals surface area (Å²) in [7, 11) is 4.00. The molecule has 0 saturated carbocycles. The van der Waals surface area contributed by atoms with E-state index >= 15 is 0 Å². The third kappa shape index (κ3) is 7.22. The van der Waals surface area contributed by atoms with Crippen LogP contribution in [0.1, 0.15) is 24.5 Å². The summed E-state index contributed by atoms with van der Waals surface area (Å²) < 4.78 is 0. The molecule has 0 fully saturated rings. The fourth-order valence-electron chi connectivity index (χ4n) is 2.16. The van der Waals surface area contributed by atoms with Crippen molar-refractivity contribution in [3.8, 4) is 0 Å². The Hall–Kier alpha value is -1.88. The number of carbonyl (C=O) groups is 2. The van der Waals surface area contributed by atoms with E-state index in [0.717, 1.165) is 24.1 Å². The van der Waals surface area contributed by atoms with Crippen molar-refractivity contribution in [1.82, 2.24) is 15.1 Å². The van der Waals surface area contributed by atoms with Crippen molar-refractivity contribution in [2.45, 2.75) is 26.8 Å². The van der Waals surface area contributed by atoms with Crippen molar-refractivity contribution < 1.29 is 9.59 Å². The second-order valence-corrected chi connectivity index (χ2v) is 5.87. The third-order valence-corrected chi connectivity index (χ3v) is 3.34. The van der Waals surface area contributed by atoms with E-state index in [1.165, 1.54) is 6.92 Å². The molecule has 1 aromatic rings. The molecule has 1 aromatic carbocycles. The Morgan fingerprint density at radius 1 is 1.23 bits per heavy atom. The van der Waals surface area contributed by atoms with E-state index in [1.807, 2.05) is 45.3 Å². The van der Waals surface area contributed by atoms with Crippen LogP contribution in [-0.4, -0.2) is 55.3 Å². The van der Waals surface area contributed by atoms with Gasteiger partial charge in [0.2, 0.25) is 11.8 Å². The maximum atomic E-state index is 11.9. The normalized spacial score (nSPS) is 10.6. The molecule has 0 aliphatic rings. The van der Waals surface area contributed by atoms with Gasteiger partial charge in [0.05, 0.1) is 6.54 Å². The van der Waals surface area contributed by atoms with Crippen LogP contribution in [0.15, 0.2) is 24.3 Å². The van der Waals surface area contributed by atoms with Gasteiger partial charge in [-0.2, -0.15) is 0 Å². The number of hydrogen-bond donors (Lipinski definition) is 1. The van der Waals surface area contributed by atoms with Gasteiger partial charge in [0.1, 0.15) is 0 Å². The second-order valence-electron chi connectivity index (χ2n) is 5.87. The smallest absolute Gasteiger partial charge is 0.239 e. The van der Waals surface area contributed by atoms with Crippen LogP contribution in [0.2, 0.25) is 0 Å². The van der Waals surface area contributed by atoms with Crippen LogP contribution in [0.4, 0.5) is 0 Å². The largest absolute Gasteiger partial charge is 0.355 e. The fraction of sp³-hybridized carbons (Fsp3) is 0.529. The quantitative estimate of drug-likeness (QED) is 0.739. The van der Waals surface area contributed by atoms with Gasteiger partial charge in [-0.15, -0.1) is 0 Å². The fourth-order valence-corrected chi connectivity index (χ4v) is 2.16. The average Bonchev–Trinajstić information content (AvgIpc) is 2.42. The SMILES string of the molecule is CC(=O)N(CC(=O)NCCCN(C)C)Cc1cccc(C)c1. The average molecular weight is 305 g/mol. The first-order valence-corrected chi connectivity index (χ1v) is 7.61. The summed E-state index contributed by atoms with van der Waals surface area (Å²) in [5.74, 6) is -0.202. The highest BCUT2D eigenvalue weighted by atomic mass is 16.2. The molecule has 0 aliphatic heterocycles. The zero-order chi connectivity index (χ0) is 16.5. The topological polar surface area (TPSA) is 52.7 Å². The highest BCUT2D eigenvalue weighted by molar-refractivity contribution is 5.83. The standard InChI is InChI=1S/C17H27N3O2/c1-14-7-5-8-16(11-14)12-20(15(2)21)13-17(22)18-9-6-10-19(3)4/h5,7-8,11H,6,9-10,12-13H2,1-4H3,(H,18,22). The van der Waals surface area contributed by atoms with Crippen LogP contribution in [0.3, 0.4) is 0 Å². The van der Waals surface area contributed by atoms with Gasteiger partial charge in [-0.1, -0.05) is 29.8 Å². The Morgan fingerprint density at radius 2 is 1.95 bits per heavy atom. The van der Waals surface area contributed by atoms with E-state index < -0.39 is 0 Å². The van der Waals surface area contributed by atoms with Crippen molar-refractivity contribution in [2.75, 3.05) is 33.7 Å². The molecule has 5 heteroatoms. The van der Waals surface area contributed by atoms with Gasteiger partial charge in [0.25, 0.3) is 0 Å². The molecule has 0 aliphatic carbocycles. The maximum Gasteiger partial charge on any atom is 0.239 e. The molecular formula is C17H27N3O2. The Labute approximate surface area is 133 Å². The predicted molar refractivity (Wildman–Crippen MR) is 88.5 cm³/mol. The lowest BCUT2D eigenvalue weighted by atomic mass is 10.1. The second kappa shape index (κ2) is 9.20. The van der Waals surface area contributed by atoms with Crippen LogP contribution in [0.25, 0.3) is 0 Å². The highest BCUT2D eigenvalue weighted by Crippen LogP contribution is 2.07. The number of aryl methyl sites for hydroxylation is 1. The van der Waals surface area contributed by atoms with Gasteiger partial charge >= 0.3 is 0 Å². The summed E-state index contributed by atoms with van der Waals surface area (Å²) in [4.78, 5) is 27.3. The van der Waals surface area contributed by atoms with Crippen LogP contribution in [0, 0.1) is 6.92 Å². The molecule has 0 spiro atoms. The Kier molecular flexibility index (Phi) is 7.60. The maximum absolute atomic E-state index is 11.9. The minimum Gasteiger partial charge on any atom is -0.355 e. The molecule has 1 rings (SSSR count). The van der Waals surface area contributed by atoms with Crippen molar-refractivity contribution in [2.24, 2.45) is 0 Å². The Balaban J connectivity index is 2.47. The summed E-state index contributed by atoms with van der Waals surface area (Å²) in [5.41, 5.74) is 2.18. The number of hydrogen-bond acceptors (Lipinski definition) is 3. The van der Waals surface area contributed by atoms with E-state index in [-0.39, 0.29) is 18.4 Å². The molecule has 0 saturated heterocycles. The van der Waals surface area contributed by atoms with Crippen LogP contribution in [0.5, 0.6) is 0 Å². The summed E-state index contributed by atoms with van der Waals surface area (Å²) in [5, 5.41) is 2.86. The third-order valence-electron chi connectivity index (χ3n) is 3.34. The summed E-state index contributed by atoms with van der Waals surface area (Å²) >= 11 is 0. The first-order valence-electron chi connectivity index (χ1n) is 7.61. The molecule has 2 amide bonds. The minimum atomic E-state index is -0.110. The minimum absolute atomic E-state index is 0.0926. The number of nitrogens with one attached hydrogen (secondary N) is 1. The molecule has 0 atom stereocenters. The van der Waals surface area contributed by atoms with E-state index in [1.54, 1.807) is 4.90 Å². The van der Waals surface area contributed by atoms with E-state index in [2.05, 4.69) is 10.2 Å². The number of benzene rings is 1. The summed E-state index contributed by atoms with van der Waals surface area (Å²) in [6, 6.07) is 7.98. The van der Waals surface area contributed by atoms with Gasteiger partial charge in [-0.05, 0) is 39.5 Å². The van der Waals surface area contributed by atoms with E-state index in [0.29, 0.717) is 13.1 Å². The van der Waals surface area contributed by atoms with Crippen molar-refractivity contribution >= 4 is 11.8 Å². The molecule has 22 heavy (non-hydrogen) atoms. The van der Waals surface area contributed by atoms with Gasteiger partial charge in [-0.25, -0.2) is 0 Å². The van der Waals surface area contributed by atoms with Gasteiger partial charge in [0.15, 0.2) is 0 Å². The summed E-state index contributed by atoms with van der Waals surface area (Å²) in [6.07, 6.45) is 0.899. The molecular weight excluding hydrogens is 278 g/mol. The lowest BCUT2D eigenvalue weighted by molar-refractivity contribution is -0.134. The van der Waals surface area contributed by atoms with E-state index in [9.17, 15) is 9.59 Å². The predicted octanol–water partition coefficient (Wildman–Crippen LogP) is 1.41. The molecule has 0 aromatic heterocycles. The van der Waals surface area contributed by atoms with E-state index in [4.69, 9.17) is 0 Å². The van der Waals surface area contributed by atoms with Gasteiger partial charge in [-0.3, -0.25) is 9.59 Å². The monoisotopic (exact) mass is 305 g/mol.